The van der Waals surface area contributed by atoms with E-state index in [0.29, 0.717) is 12.8 Å². The van der Waals surface area contributed by atoms with E-state index in [1.54, 1.807) is 19.9 Å². The Morgan fingerprint density at radius 3 is 1.94 bits per heavy atom. The molecule has 0 rings (SSSR count). The highest BCUT2D eigenvalue weighted by Gasteiger charge is 2.46. The van der Waals surface area contributed by atoms with Crippen LogP contribution in [0.15, 0.2) is 12.7 Å². The van der Waals surface area contributed by atoms with E-state index in [0.717, 1.165) is 12.8 Å². The van der Waals surface area contributed by atoms with Gasteiger partial charge in [0.1, 0.15) is 0 Å². The van der Waals surface area contributed by atoms with E-state index >= 15 is 0 Å². The van der Waals surface area contributed by atoms with E-state index in [2.05, 4.69) is 6.58 Å². The maximum absolute atomic E-state index is 12.1. The zero-order chi connectivity index (χ0) is 14.0. The summed E-state index contributed by atoms with van der Waals surface area (Å²) in [6, 6.07) is 0. The second-order valence-electron chi connectivity index (χ2n) is 4.06. The average molecular weight is 256 g/mol. The van der Waals surface area contributed by atoms with Crippen LogP contribution in [-0.4, -0.2) is 25.2 Å². The monoisotopic (exact) mass is 256 g/mol. The maximum atomic E-state index is 12.1. The molecule has 0 aliphatic heterocycles. The van der Waals surface area contributed by atoms with Crippen molar-refractivity contribution in [1.29, 1.82) is 0 Å². The highest BCUT2D eigenvalue weighted by molar-refractivity contribution is 6.00. The SMILES string of the molecule is C=CCCCC(CC)(C(=O)OCC)C(=O)OCC. The van der Waals surface area contributed by atoms with Crippen LogP contribution in [0.4, 0.5) is 0 Å². The number of ether oxygens (including phenoxy) is 2. The summed E-state index contributed by atoms with van der Waals surface area (Å²) in [7, 11) is 0. The number of esters is 2. The number of rotatable bonds is 9. The number of allylic oxidation sites excluding steroid dienone is 1. The second-order valence-corrected chi connectivity index (χ2v) is 4.06. The average Bonchev–Trinajstić information content (AvgIpc) is 2.35. The third kappa shape index (κ3) is 4.17. The lowest BCUT2D eigenvalue weighted by molar-refractivity contribution is -0.173. The molecule has 0 radical (unpaired) electrons. The first kappa shape index (κ1) is 16.7. The summed E-state index contributed by atoms with van der Waals surface area (Å²) in [5, 5.41) is 0. The van der Waals surface area contributed by atoms with Crippen molar-refractivity contribution >= 4 is 11.9 Å². The Bertz CT molecular complexity index is 266. The molecule has 18 heavy (non-hydrogen) atoms. The number of unbranched alkanes of at least 4 members (excludes halogenated alkanes) is 1. The van der Waals surface area contributed by atoms with E-state index < -0.39 is 17.4 Å². The maximum Gasteiger partial charge on any atom is 0.323 e. The molecule has 104 valence electrons. The van der Waals surface area contributed by atoms with Gasteiger partial charge in [0.2, 0.25) is 0 Å². The quantitative estimate of drug-likeness (QED) is 0.275. The van der Waals surface area contributed by atoms with Crippen LogP contribution in [0.5, 0.6) is 0 Å². The van der Waals surface area contributed by atoms with Gasteiger partial charge in [-0.2, -0.15) is 0 Å². The summed E-state index contributed by atoms with van der Waals surface area (Å²) in [5.74, 6) is -0.954. The van der Waals surface area contributed by atoms with Crippen LogP contribution in [-0.2, 0) is 19.1 Å². The first-order chi connectivity index (χ1) is 8.58. The molecule has 0 saturated carbocycles. The molecule has 0 aliphatic rings. The minimum atomic E-state index is -1.16. The van der Waals surface area contributed by atoms with Gasteiger partial charge in [0.25, 0.3) is 0 Å². The first-order valence-corrected chi connectivity index (χ1v) is 6.54. The van der Waals surface area contributed by atoms with Crippen LogP contribution in [0.3, 0.4) is 0 Å². The lowest BCUT2D eigenvalue weighted by Crippen LogP contribution is -2.41. The Morgan fingerprint density at radius 1 is 1.11 bits per heavy atom. The molecule has 0 aromatic rings. The standard InChI is InChI=1S/C14H24O4/c1-5-9-10-11-14(6-2,12(15)17-7-3)13(16)18-8-4/h5H,1,6-11H2,2-4H3. The fourth-order valence-electron chi connectivity index (χ4n) is 1.84. The summed E-state index contributed by atoms with van der Waals surface area (Å²) in [4.78, 5) is 24.1. The van der Waals surface area contributed by atoms with E-state index in [9.17, 15) is 9.59 Å². The minimum absolute atomic E-state index is 0.265. The predicted molar refractivity (Wildman–Crippen MR) is 70.0 cm³/mol. The smallest absolute Gasteiger partial charge is 0.323 e. The van der Waals surface area contributed by atoms with Crippen molar-refractivity contribution in [1.82, 2.24) is 0 Å². The third-order valence-corrected chi connectivity index (χ3v) is 2.95. The van der Waals surface area contributed by atoms with Gasteiger partial charge in [-0.05, 0) is 39.5 Å². The summed E-state index contributed by atoms with van der Waals surface area (Å²) in [6.07, 6.45) is 4.08. The van der Waals surface area contributed by atoms with Crippen LogP contribution in [0.1, 0.15) is 46.5 Å². The molecule has 0 fully saturated rings. The highest BCUT2D eigenvalue weighted by Crippen LogP contribution is 2.32. The fraction of sp³-hybridized carbons (Fsp3) is 0.714. The van der Waals surface area contributed by atoms with Gasteiger partial charge in [-0.15, -0.1) is 6.58 Å². The second kappa shape index (κ2) is 8.72. The van der Waals surface area contributed by atoms with Crippen molar-refractivity contribution in [3.63, 3.8) is 0 Å². The van der Waals surface area contributed by atoms with Crippen LogP contribution in [0.2, 0.25) is 0 Å². The molecule has 0 aliphatic carbocycles. The molecule has 0 spiro atoms. The highest BCUT2D eigenvalue weighted by atomic mass is 16.6. The van der Waals surface area contributed by atoms with Crippen molar-refractivity contribution in [2.45, 2.75) is 46.5 Å². The van der Waals surface area contributed by atoms with Gasteiger partial charge < -0.3 is 9.47 Å². The summed E-state index contributed by atoms with van der Waals surface area (Å²) in [6.45, 7) is 9.43. The molecule has 0 aromatic carbocycles. The Kier molecular flexibility index (Phi) is 8.08. The predicted octanol–water partition coefficient (Wildman–Crippen LogP) is 2.87. The van der Waals surface area contributed by atoms with Crippen LogP contribution < -0.4 is 0 Å². The van der Waals surface area contributed by atoms with E-state index in [1.165, 1.54) is 0 Å². The Labute approximate surface area is 109 Å². The van der Waals surface area contributed by atoms with Gasteiger partial charge >= 0.3 is 11.9 Å². The van der Waals surface area contributed by atoms with Gasteiger partial charge in [-0.25, -0.2) is 0 Å². The summed E-state index contributed by atoms with van der Waals surface area (Å²) < 4.78 is 10.1. The van der Waals surface area contributed by atoms with Gasteiger partial charge in [-0.1, -0.05) is 13.0 Å². The minimum Gasteiger partial charge on any atom is -0.465 e. The van der Waals surface area contributed by atoms with Crippen LogP contribution >= 0.6 is 0 Å². The van der Waals surface area contributed by atoms with Crippen molar-refractivity contribution in [2.24, 2.45) is 5.41 Å². The van der Waals surface area contributed by atoms with E-state index in [1.807, 2.05) is 6.92 Å². The number of carbonyl (C=O) groups excluding carboxylic acids is 2. The Morgan fingerprint density at radius 2 is 1.61 bits per heavy atom. The summed E-state index contributed by atoms with van der Waals surface area (Å²) >= 11 is 0. The molecule has 0 heterocycles. The number of hydrogen-bond donors (Lipinski definition) is 0. The number of carbonyl (C=O) groups is 2. The topological polar surface area (TPSA) is 52.6 Å². The molecule has 0 N–H and O–H groups in total. The molecule has 0 unspecified atom stereocenters. The zero-order valence-electron chi connectivity index (χ0n) is 11.7. The van der Waals surface area contributed by atoms with Gasteiger partial charge in [0, 0.05) is 0 Å². The molecule has 0 amide bonds. The van der Waals surface area contributed by atoms with Crippen molar-refractivity contribution in [3.8, 4) is 0 Å². The molecular weight excluding hydrogens is 232 g/mol. The lowest BCUT2D eigenvalue weighted by Gasteiger charge is -2.27. The van der Waals surface area contributed by atoms with Gasteiger partial charge in [0.15, 0.2) is 5.41 Å². The van der Waals surface area contributed by atoms with Crippen LogP contribution in [0.25, 0.3) is 0 Å². The normalized spacial score (nSPS) is 10.8. The molecule has 4 nitrogen and oxygen atoms in total. The lowest BCUT2D eigenvalue weighted by atomic mass is 9.80. The van der Waals surface area contributed by atoms with Crippen molar-refractivity contribution in [2.75, 3.05) is 13.2 Å². The largest absolute Gasteiger partial charge is 0.465 e. The van der Waals surface area contributed by atoms with Crippen LogP contribution in [0, 0.1) is 5.41 Å². The summed E-state index contributed by atoms with van der Waals surface area (Å²) in [5.41, 5.74) is -1.16. The van der Waals surface area contributed by atoms with Gasteiger partial charge in [-0.3, -0.25) is 9.59 Å². The molecule has 0 saturated heterocycles. The third-order valence-electron chi connectivity index (χ3n) is 2.95. The van der Waals surface area contributed by atoms with E-state index in [4.69, 9.17) is 9.47 Å². The van der Waals surface area contributed by atoms with Gasteiger partial charge in [0.05, 0.1) is 13.2 Å². The molecule has 0 bridgehead atoms. The molecule has 4 heteroatoms. The Hall–Kier alpha value is -1.32. The molecular formula is C14H24O4. The molecule has 0 atom stereocenters. The van der Waals surface area contributed by atoms with Crippen molar-refractivity contribution in [3.05, 3.63) is 12.7 Å². The van der Waals surface area contributed by atoms with Crippen molar-refractivity contribution < 1.29 is 19.1 Å². The first-order valence-electron chi connectivity index (χ1n) is 6.54. The molecule has 0 aromatic heterocycles. The fourth-order valence-corrected chi connectivity index (χ4v) is 1.84. The number of hydrogen-bond acceptors (Lipinski definition) is 4. The zero-order valence-corrected chi connectivity index (χ0v) is 11.7. The Balaban J connectivity index is 4.98. The van der Waals surface area contributed by atoms with E-state index in [-0.39, 0.29) is 13.2 Å².